The molecule has 0 bridgehead atoms. The van der Waals surface area contributed by atoms with Gasteiger partial charge in [-0.05, 0) is 12.5 Å². The van der Waals surface area contributed by atoms with E-state index in [0.717, 1.165) is 23.7 Å². The molecule has 0 spiro atoms. The van der Waals surface area contributed by atoms with Gasteiger partial charge in [0.15, 0.2) is 0 Å². The predicted octanol–water partition coefficient (Wildman–Crippen LogP) is 2.15. The third-order valence-electron chi connectivity index (χ3n) is 2.97. The summed E-state index contributed by atoms with van der Waals surface area (Å²) in [7, 11) is 1.60. The van der Waals surface area contributed by atoms with E-state index in [0.29, 0.717) is 23.7 Å². The molecule has 1 fully saturated rings. The highest BCUT2D eigenvalue weighted by molar-refractivity contribution is 7.18. The maximum absolute atomic E-state index is 11.7. The fraction of sp³-hybridized carbons (Fsp3) is 0.571. The Balaban J connectivity index is 0.000000956. The number of thiophene rings is 1. The van der Waals surface area contributed by atoms with Crippen LogP contribution in [0.5, 0.6) is 0 Å². The van der Waals surface area contributed by atoms with E-state index in [1.165, 1.54) is 11.3 Å². The van der Waals surface area contributed by atoms with Crippen molar-refractivity contribution >= 4 is 22.2 Å². The molecule has 0 radical (unpaired) electrons. The van der Waals surface area contributed by atoms with Crippen LogP contribution in [0.2, 0.25) is 0 Å². The summed E-state index contributed by atoms with van der Waals surface area (Å²) in [6.07, 6.45) is 0. The molecule has 110 valence electrons. The number of rotatable bonds is 2. The Kier molecular flexibility index (Phi) is 6.49. The van der Waals surface area contributed by atoms with Crippen molar-refractivity contribution in [2.24, 2.45) is 0 Å². The quantitative estimate of drug-likeness (QED) is 0.908. The molecular formula is C14H21N3O2S. The van der Waals surface area contributed by atoms with E-state index in [1.807, 2.05) is 20.8 Å². The number of hydrogen-bond donors (Lipinski definition) is 1. The van der Waals surface area contributed by atoms with Crippen LogP contribution in [0.4, 0.5) is 5.00 Å². The Hall–Kier alpha value is -1.58. The summed E-state index contributed by atoms with van der Waals surface area (Å²) < 4.78 is 5.30. The monoisotopic (exact) mass is 295 g/mol. The van der Waals surface area contributed by atoms with E-state index in [1.54, 1.807) is 7.05 Å². The van der Waals surface area contributed by atoms with Crippen LogP contribution < -0.4 is 10.2 Å². The molecular weight excluding hydrogens is 274 g/mol. The average molecular weight is 295 g/mol. The molecule has 1 N–H and O–H groups in total. The fourth-order valence-corrected chi connectivity index (χ4v) is 3.20. The topological polar surface area (TPSA) is 65.4 Å². The van der Waals surface area contributed by atoms with Crippen molar-refractivity contribution in [2.75, 3.05) is 38.3 Å². The molecule has 0 unspecified atom stereocenters. The highest BCUT2D eigenvalue weighted by Gasteiger charge is 2.24. The zero-order valence-electron chi connectivity index (χ0n) is 12.4. The lowest BCUT2D eigenvalue weighted by Gasteiger charge is -2.27. The molecule has 0 aromatic carbocycles. The SMILES string of the molecule is CC.CNC(=O)c1sc(N2CCOCC2)c(C#N)c1C. The van der Waals surface area contributed by atoms with Crippen molar-refractivity contribution in [3.8, 4) is 6.07 Å². The van der Waals surface area contributed by atoms with E-state index in [2.05, 4.69) is 16.3 Å². The molecule has 0 aliphatic carbocycles. The van der Waals surface area contributed by atoms with Gasteiger partial charge in [-0.1, -0.05) is 13.8 Å². The van der Waals surface area contributed by atoms with Gasteiger partial charge < -0.3 is 15.0 Å². The van der Waals surface area contributed by atoms with Crippen LogP contribution in [0.1, 0.15) is 34.6 Å². The normalized spacial score (nSPS) is 14.1. The Morgan fingerprint density at radius 2 is 2.00 bits per heavy atom. The Morgan fingerprint density at radius 3 is 2.50 bits per heavy atom. The molecule has 6 heteroatoms. The van der Waals surface area contributed by atoms with Crippen LogP contribution in [0.3, 0.4) is 0 Å². The number of nitrogens with zero attached hydrogens (tertiary/aromatic N) is 2. The minimum Gasteiger partial charge on any atom is -0.378 e. The second-order valence-corrected chi connectivity index (χ2v) is 5.03. The zero-order valence-corrected chi connectivity index (χ0v) is 13.3. The van der Waals surface area contributed by atoms with Gasteiger partial charge in [0.05, 0.1) is 23.7 Å². The van der Waals surface area contributed by atoms with Gasteiger partial charge >= 0.3 is 0 Å². The van der Waals surface area contributed by atoms with E-state index in [9.17, 15) is 10.1 Å². The largest absolute Gasteiger partial charge is 0.378 e. The molecule has 0 saturated carbocycles. The smallest absolute Gasteiger partial charge is 0.261 e. The number of nitrogens with one attached hydrogen (secondary N) is 1. The van der Waals surface area contributed by atoms with Crippen LogP contribution in [0.15, 0.2) is 0 Å². The van der Waals surface area contributed by atoms with Gasteiger partial charge in [0.1, 0.15) is 11.1 Å². The summed E-state index contributed by atoms with van der Waals surface area (Å²) in [4.78, 5) is 14.5. The summed E-state index contributed by atoms with van der Waals surface area (Å²) in [5.74, 6) is -0.131. The Labute approximate surface area is 124 Å². The number of morpholine rings is 1. The molecule has 2 heterocycles. The van der Waals surface area contributed by atoms with Gasteiger partial charge in [0, 0.05) is 20.1 Å². The molecule has 1 aromatic heterocycles. The van der Waals surface area contributed by atoms with E-state index in [4.69, 9.17) is 4.74 Å². The summed E-state index contributed by atoms with van der Waals surface area (Å²) >= 11 is 1.39. The summed E-state index contributed by atoms with van der Waals surface area (Å²) in [6.45, 7) is 8.68. The second kappa shape index (κ2) is 7.88. The van der Waals surface area contributed by atoms with Gasteiger partial charge in [-0.3, -0.25) is 4.79 Å². The maximum Gasteiger partial charge on any atom is 0.261 e. The first-order chi connectivity index (χ1) is 9.69. The van der Waals surface area contributed by atoms with Crippen LogP contribution in [0, 0.1) is 18.3 Å². The number of amides is 1. The van der Waals surface area contributed by atoms with E-state index < -0.39 is 0 Å². The van der Waals surface area contributed by atoms with Crippen molar-refractivity contribution in [1.29, 1.82) is 5.26 Å². The van der Waals surface area contributed by atoms with Crippen molar-refractivity contribution in [1.82, 2.24) is 5.32 Å². The molecule has 1 aromatic rings. The number of nitriles is 1. The summed E-state index contributed by atoms with van der Waals surface area (Å²) in [6, 6.07) is 2.21. The lowest BCUT2D eigenvalue weighted by atomic mass is 10.1. The highest BCUT2D eigenvalue weighted by Crippen LogP contribution is 2.35. The average Bonchev–Trinajstić information content (AvgIpc) is 2.86. The van der Waals surface area contributed by atoms with Crippen molar-refractivity contribution < 1.29 is 9.53 Å². The molecule has 1 saturated heterocycles. The first-order valence-corrected chi connectivity index (χ1v) is 7.59. The van der Waals surface area contributed by atoms with Gasteiger partial charge in [0.25, 0.3) is 5.91 Å². The van der Waals surface area contributed by atoms with Crippen LogP contribution in [0.25, 0.3) is 0 Å². The minimum absolute atomic E-state index is 0.131. The van der Waals surface area contributed by atoms with Crippen molar-refractivity contribution in [2.45, 2.75) is 20.8 Å². The lowest BCUT2D eigenvalue weighted by molar-refractivity contribution is 0.0966. The first-order valence-electron chi connectivity index (χ1n) is 6.77. The fourth-order valence-electron chi connectivity index (χ4n) is 1.95. The molecule has 0 atom stereocenters. The van der Waals surface area contributed by atoms with E-state index in [-0.39, 0.29) is 5.91 Å². The maximum atomic E-state index is 11.7. The zero-order chi connectivity index (χ0) is 15.1. The van der Waals surface area contributed by atoms with E-state index >= 15 is 0 Å². The van der Waals surface area contributed by atoms with Gasteiger partial charge in [-0.25, -0.2) is 0 Å². The van der Waals surface area contributed by atoms with Crippen LogP contribution in [-0.2, 0) is 4.74 Å². The standard InChI is InChI=1S/C12H15N3O2S.C2H6/c1-8-9(7-13)12(15-3-5-17-6-4-15)18-10(8)11(16)14-2;1-2/h3-6H2,1-2H3,(H,14,16);1-2H3. The Bertz CT molecular complexity index is 499. The Morgan fingerprint density at radius 1 is 1.40 bits per heavy atom. The van der Waals surface area contributed by atoms with Crippen LogP contribution >= 0.6 is 11.3 Å². The highest BCUT2D eigenvalue weighted by atomic mass is 32.1. The van der Waals surface area contributed by atoms with Gasteiger partial charge in [0.2, 0.25) is 0 Å². The first kappa shape index (κ1) is 16.5. The minimum atomic E-state index is -0.131. The van der Waals surface area contributed by atoms with Crippen molar-refractivity contribution in [3.63, 3.8) is 0 Å². The number of hydrogen-bond acceptors (Lipinski definition) is 5. The van der Waals surface area contributed by atoms with Gasteiger partial charge in [-0.15, -0.1) is 11.3 Å². The molecule has 20 heavy (non-hydrogen) atoms. The number of anilines is 1. The molecule has 2 rings (SSSR count). The summed E-state index contributed by atoms with van der Waals surface area (Å²) in [5.41, 5.74) is 1.38. The molecule has 1 amide bonds. The second-order valence-electron chi connectivity index (χ2n) is 4.03. The number of ether oxygens (including phenoxy) is 1. The van der Waals surface area contributed by atoms with Crippen molar-refractivity contribution in [3.05, 3.63) is 16.0 Å². The molecule has 5 nitrogen and oxygen atoms in total. The molecule has 1 aliphatic rings. The predicted molar refractivity (Wildman–Crippen MR) is 81.5 cm³/mol. The van der Waals surface area contributed by atoms with Crippen LogP contribution in [-0.4, -0.2) is 39.3 Å². The lowest BCUT2D eigenvalue weighted by Crippen LogP contribution is -2.36. The summed E-state index contributed by atoms with van der Waals surface area (Å²) in [5, 5.41) is 12.8. The third kappa shape index (κ3) is 3.30. The number of carbonyl (C=O) groups excluding carboxylic acids is 1. The third-order valence-corrected chi connectivity index (χ3v) is 4.32. The number of carbonyl (C=O) groups is 1. The molecule has 1 aliphatic heterocycles. The van der Waals surface area contributed by atoms with Gasteiger partial charge in [-0.2, -0.15) is 5.26 Å².